The topological polar surface area (TPSA) is 70.2 Å². The van der Waals surface area contributed by atoms with Crippen LogP contribution in [0.25, 0.3) is 0 Å². The van der Waals surface area contributed by atoms with E-state index >= 15 is 0 Å². The highest BCUT2D eigenvalue weighted by Crippen LogP contribution is 2.33. The lowest BCUT2D eigenvalue weighted by molar-refractivity contribution is -0.137. The molecule has 1 saturated heterocycles. The Morgan fingerprint density at radius 2 is 1.69 bits per heavy atom. The van der Waals surface area contributed by atoms with Gasteiger partial charge in [-0.2, -0.15) is 13.2 Å². The van der Waals surface area contributed by atoms with E-state index in [-0.39, 0.29) is 24.4 Å². The molecular weight excluding hydrogens is 347 g/mol. The quantitative estimate of drug-likeness (QED) is 0.763. The molecule has 0 bridgehead atoms. The average molecular weight is 369 g/mol. The Kier molecular flexibility index (Phi) is 4.72. The van der Waals surface area contributed by atoms with E-state index in [1.807, 2.05) is 0 Å². The SMILES string of the molecule is CC(C)(NC(=O)C1CC(=O)NC(C2CC2)N1)c1ccc(C(F)(F)F)cc1. The largest absolute Gasteiger partial charge is 0.416 e. The number of amides is 2. The van der Waals surface area contributed by atoms with Gasteiger partial charge in [-0.05, 0) is 50.3 Å². The van der Waals surface area contributed by atoms with Crippen molar-refractivity contribution in [3.63, 3.8) is 0 Å². The van der Waals surface area contributed by atoms with Crippen LogP contribution in [0.5, 0.6) is 0 Å². The first-order valence-corrected chi connectivity index (χ1v) is 8.61. The van der Waals surface area contributed by atoms with Gasteiger partial charge in [-0.3, -0.25) is 14.9 Å². The van der Waals surface area contributed by atoms with Crippen molar-refractivity contribution in [3.8, 4) is 0 Å². The Morgan fingerprint density at radius 3 is 2.23 bits per heavy atom. The van der Waals surface area contributed by atoms with E-state index in [0.29, 0.717) is 11.5 Å². The monoisotopic (exact) mass is 369 g/mol. The van der Waals surface area contributed by atoms with Crippen molar-refractivity contribution in [2.24, 2.45) is 5.92 Å². The van der Waals surface area contributed by atoms with Crippen molar-refractivity contribution in [2.75, 3.05) is 0 Å². The number of alkyl halides is 3. The predicted octanol–water partition coefficient (Wildman–Crippen LogP) is 2.27. The van der Waals surface area contributed by atoms with Gasteiger partial charge in [0.05, 0.1) is 29.7 Å². The minimum absolute atomic E-state index is 0.0398. The molecule has 2 aliphatic rings. The maximum atomic E-state index is 12.7. The van der Waals surface area contributed by atoms with Gasteiger partial charge in [0, 0.05) is 0 Å². The van der Waals surface area contributed by atoms with Crippen molar-refractivity contribution in [1.82, 2.24) is 16.0 Å². The lowest BCUT2D eigenvalue weighted by atomic mass is 9.92. The molecule has 1 aromatic rings. The molecule has 0 spiro atoms. The van der Waals surface area contributed by atoms with Crippen LogP contribution < -0.4 is 16.0 Å². The van der Waals surface area contributed by atoms with Crippen LogP contribution in [0.3, 0.4) is 0 Å². The van der Waals surface area contributed by atoms with Gasteiger partial charge in [0.1, 0.15) is 0 Å². The molecule has 2 unspecified atom stereocenters. The number of hydrogen-bond donors (Lipinski definition) is 3. The number of rotatable bonds is 4. The molecule has 1 aliphatic heterocycles. The molecule has 2 atom stereocenters. The Hall–Kier alpha value is -2.09. The van der Waals surface area contributed by atoms with Crippen LogP contribution in [-0.2, 0) is 21.3 Å². The second-order valence-corrected chi connectivity index (χ2v) is 7.50. The fourth-order valence-electron chi connectivity index (χ4n) is 3.13. The van der Waals surface area contributed by atoms with Crippen molar-refractivity contribution >= 4 is 11.8 Å². The number of halogens is 3. The first-order chi connectivity index (χ1) is 12.1. The van der Waals surface area contributed by atoms with Crippen LogP contribution in [0.4, 0.5) is 13.2 Å². The summed E-state index contributed by atoms with van der Waals surface area (Å²) >= 11 is 0. The molecular formula is C18H22F3N3O2. The minimum Gasteiger partial charge on any atom is -0.346 e. The zero-order valence-electron chi connectivity index (χ0n) is 14.6. The smallest absolute Gasteiger partial charge is 0.346 e. The van der Waals surface area contributed by atoms with E-state index < -0.39 is 23.3 Å². The van der Waals surface area contributed by atoms with Gasteiger partial charge in [0.2, 0.25) is 11.8 Å². The Labute approximate surface area is 149 Å². The predicted molar refractivity (Wildman–Crippen MR) is 88.8 cm³/mol. The van der Waals surface area contributed by atoms with Crippen LogP contribution in [0.2, 0.25) is 0 Å². The fourth-order valence-corrected chi connectivity index (χ4v) is 3.13. The molecule has 3 rings (SSSR count). The Bertz CT molecular complexity index is 697. The summed E-state index contributed by atoms with van der Waals surface area (Å²) in [6.07, 6.45) is -2.52. The molecule has 142 valence electrons. The van der Waals surface area contributed by atoms with Gasteiger partial charge in [0.25, 0.3) is 0 Å². The van der Waals surface area contributed by atoms with Crippen LogP contribution >= 0.6 is 0 Å². The van der Waals surface area contributed by atoms with Gasteiger partial charge in [-0.1, -0.05) is 12.1 Å². The third-order valence-corrected chi connectivity index (χ3v) is 4.87. The highest BCUT2D eigenvalue weighted by atomic mass is 19.4. The molecule has 26 heavy (non-hydrogen) atoms. The first kappa shape index (κ1) is 18.7. The van der Waals surface area contributed by atoms with E-state index in [9.17, 15) is 22.8 Å². The van der Waals surface area contributed by atoms with E-state index in [1.165, 1.54) is 12.1 Å². The maximum absolute atomic E-state index is 12.7. The molecule has 1 saturated carbocycles. The summed E-state index contributed by atoms with van der Waals surface area (Å²) in [4.78, 5) is 24.5. The summed E-state index contributed by atoms with van der Waals surface area (Å²) in [5.74, 6) is -0.152. The molecule has 1 heterocycles. The number of benzene rings is 1. The molecule has 8 heteroatoms. The van der Waals surface area contributed by atoms with Gasteiger partial charge < -0.3 is 10.6 Å². The third-order valence-electron chi connectivity index (χ3n) is 4.87. The van der Waals surface area contributed by atoms with Crippen molar-refractivity contribution in [1.29, 1.82) is 0 Å². The molecule has 0 aromatic heterocycles. The van der Waals surface area contributed by atoms with Gasteiger partial charge in [-0.15, -0.1) is 0 Å². The zero-order chi connectivity index (χ0) is 19.1. The van der Waals surface area contributed by atoms with Crippen molar-refractivity contribution in [2.45, 2.75) is 57.0 Å². The van der Waals surface area contributed by atoms with Crippen LogP contribution in [0.1, 0.15) is 44.2 Å². The summed E-state index contributed by atoms with van der Waals surface area (Å²) in [7, 11) is 0. The third kappa shape index (κ3) is 4.17. The van der Waals surface area contributed by atoms with E-state index in [4.69, 9.17) is 0 Å². The number of carbonyl (C=O) groups is 2. The van der Waals surface area contributed by atoms with Gasteiger partial charge >= 0.3 is 6.18 Å². The normalized spacial score (nSPS) is 24.1. The second-order valence-electron chi connectivity index (χ2n) is 7.50. The number of carbonyl (C=O) groups excluding carboxylic acids is 2. The first-order valence-electron chi connectivity index (χ1n) is 8.61. The highest BCUT2D eigenvalue weighted by molar-refractivity contribution is 5.90. The minimum atomic E-state index is -4.40. The molecule has 3 N–H and O–H groups in total. The maximum Gasteiger partial charge on any atom is 0.416 e. The summed E-state index contributed by atoms with van der Waals surface area (Å²) < 4.78 is 38.1. The van der Waals surface area contributed by atoms with E-state index in [0.717, 1.165) is 25.0 Å². The summed E-state index contributed by atoms with van der Waals surface area (Å²) in [6, 6.07) is 4.06. The van der Waals surface area contributed by atoms with Gasteiger partial charge in [-0.25, -0.2) is 0 Å². The molecule has 0 radical (unpaired) electrons. The summed E-state index contributed by atoms with van der Waals surface area (Å²) in [5, 5.41) is 8.84. The lowest BCUT2D eigenvalue weighted by Gasteiger charge is -2.34. The highest BCUT2D eigenvalue weighted by Gasteiger charge is 2.40. The summed E-state index contributed by atoms with van der Waals surface area (Å²) in [5.41, 5.74) is -1.05. The molecule has 2 fully saturated rings. The van der Waals surface area contributed by atoms with Crippen LogP contribution in [0, 0.1) is 5.92 Å². The van der Waals surface area contributed by atoms with Crippen molar-refractivity contribution in [3.05, 3.63) is 35.4 Å². The second kappa shape index (κ2) is 6.57. The average Bonchev–Trinajstić information content (AvgIpc) is 3.38. The molecule has 1 aliphatic carbocycles. The van der Waals surface area contributed by atoms with Crippen LogP contribution in [-0.4, -0.2) is 24.0 Å². The summed E-state index contributed by atoms with van der Waals surface area (Å²) in [6.45, 7) is 3.43. The van der Waals surface area contributed by atoms with E-state index in [1.54, 1.807) is 13.8 Å². The zero-order valence-corrected chi connectivity index (χ0v) is 14.6. The lowest BCUT2D eigenvalue weighted by Crippen LogP contribution is -2.62. The fraction of sp³-hybridized carbons (Fsp3) is 0.556. The van der Waals surface area contributed by atoms with Gasteiger partial charge in [0.15, 0.2) is 0 Å². The van der Waals surface area contributed by atoms with E-state index in [2.05, 4.69) is 16.0 Å². The number of nitrogens with one attached hydrogen (secondary N) is 3. The standard InChI is InChI=1S/C18H22F3N3O2/c1-17(2,11-5-7-12(8-6-11)18(19,20)21)24-16(26)13-9-14(25)23-15(22-13)10-3-4-10/h5-8,10,13,15,22H,3-4,9H2,1-2H3,(H,23,25)(H,24,26). The number of hydrogen-bond acceptors (Lipinski definition) is 3. The Morgan fingerprint density at radius 1 is 1.12 bits per heavy atom. The molecule has 1 aromatic carbocycles. The van der Waals surface area contributed by atoms with Crippen molar-refractivity contribution < 1.29 is 22.8 Å². The molecule has 5 nitrogen and oxygen atoms in total. The van der Waals surface area contributed by atoms with Crippen LogP contribution in [0.15, 0.2) is 24.3 Å². The Balaban J connectivity index is 1.67. The molecule has 2 amide bonds.